The molecule has 3 aromatic rings. The molecule has 184 valence electrons. The third kappa shape index (κ3) is 6.83. The molecule has 0 bridgehead atoms. The Kier molecular flexibility index (Phi) is 8.99. The highest BCUT2D eigenvalue weighted by Crippen LogP contribution is 2.24. The highest BCUT2D eigenvalue weighted by Gasteiger charge is 2.19. The molecular formula is C26H24N4O6. The number of azo groups is 1. The number of aliphatic hydroxyl groups is 1. The fourth-order valence-corrected chi connectivity index (χ4v) is 3.00. The van der Waals surface area contributed by atoms with Crippen LogP contribution in [0.2, 0.25) is 0 Å². The van der Waals surface area contributed by atoms with Crippen molar-refractivity contribution in [3.63, 3.8) is 0 Å². The van der Waals surface area contributed by atoms with E-state index in [4.69, 9.17) is 9.47 Å². The zero-order chi connectivity index (χ0) is 25.9. The second-order valence-corrected chi connectivity index (χ2v) is 7.17. The van der Waals surface area contributed by atoms with Gasteiger partial charge in [-0.25, -0.2) is 9.59 Å². The maximum atomic E-state index is 13.0. The number of ether oxygens (including phenoxy) is 2. The van der Waals surface area contributed by atoms with Crippen molar-refractivity contribution in [2.75, 3.05) is 18.5 Å². The van der Waals surface area contributed by atoms with E-state index in [2.05, 4.69) is 20.5 Å². The van der Waals surface area contributed by atoms with Gasteiger partial charge in [-0.1, -0.05) is 30.3 Å². The molecule has 0 unspecified atom stereocenters. The molecule has 0 saturated carbocycles. The first-order valence-electron chi connectivity index (χ1n) is 11.0. The summed E-state index contributed by atoms with van der Waals surface area (Å²) in [5.41, 5.74) is 0.480. The van der Waals surface area contributed by atoms with E-state index in [1.807, 2.05) is 0 Å². The summed E-state index contributed by atoms with van der Waals surface area (Å²) in [4.78, 5) is 41.6. The van der Waals surface area contributed by atoms with Crippen molar-refractivity contribution in [2.24, 2.45) is 10.2 Å². The molecule has 0 saturated heterocycles. The zero-order valence-corrected chi connectivity index (χ0v) is 19.7. The molecule has 0 aliphatic carbocycles. The number of nitrogens with zero attached hydrogens (tertiary/aromatic N) is 3. The molecule has 0 spiro atoms. The van der Waals surface area contributed by atoms with Crippen molar-refractivity contribution < 1.29 is 29.0 Å². The summed E-state index contributed by atoms with van der Waals surface area (Å²) in [6.45, 7) is 3.56. The second-order valence-electron chi connectivity index (χ2n) is 7.17. The number of amides is 1. The van der Waals surface area contributed by atoms with Gasteiger partial charge in [0.15, 0.2) is 11.5 Å². The molecule has 0 aliphatic rings. The number of pyridine rings is 1. The first-order valence-corrected chi connectivity index (χ1v) is 11.0. The van der Waals surface area contributed by atoms with Gasteiger partial charge in [-0.15, -0.1) is 5.11 Å². The summed E-state index contributed by atoms with van der Waals surface area (Å²) in [7, 11) is 0. The van der Waals surface area contributed by atoms with Crippen LogP contribution in [0.5, 0.6) is 0 Å². The number of anilines is 1. The Hall–Kier alpha value is -4.86. The molecule has 2 N–H and O–H groups in total. The third-order valence-electron chi connectivity index (χ3n) is 4.61. The first kappa shape index (κ1) is 25.8. The van der Waals surface area contributed by atoms with Gasteiger partial charge in [0.05, 0.1) is 41.9 Å². The molecule has 1 heterocycles. The summed E-state index contributed by atoms with van der Waals surface area (Å²) in [6.07, 6.45) is 2.98. The number of benzene rings is 2. The van der Waals surface area contributed by atoms with Crippen LogP contribution in [0.4, 0.5) is 11.4 Å². The Labute approximate surface area is 207 Å². The lowest BCUT2D eigenvalue weighted by molar-refractivity contribution is -0.112. The summed E-state index contributed by atoms with van der Waals surface area (Å²) >= 11 is 0. The Bertz CT molecular complexity index is 1250. The van der Waals surface area contributed by atoms with Crippen LogP contribution in [-0.4, -0.2) is 41.2 Å². The van der Waals surface area contributed by atoms with E-state index in [-0.39, 0.29) is 30.0 Å². The van der Waals surface area contributed by atoms with E-state index in [0.29, 0.717) is 11.3 Å². The molecule has 0 atom stereocenters. The number of rotatable bonds is 9. The number of carbonyl (C=O) groups excluding carboxylic acids is 3. The van der Waals surface area contributed by atoms with Crippen LogP contribution >= 0.6 is 0 Å². The van der Waals surface area contributed by atoms with E-state index < -0.39 is 29.3 Å². The summed E-state index contributed by atoms with van der Waals surface area (Å²) < 4.78 is 10.0. The Morgan fingerprint density at radius 3 is 2.08 bits per heavy atom. The Morgan fingerprint density at radius 1 is 0.889 bits per heavy atom. The minimum absolute atomic E-state index is 0.0500. The van der Waals surface area contributed by atoms with Crippen LogP contribution in [0, 0.1) is 0 Å². The van der Waals surface area contributed by atoms with Crippen LogP contribution in [0.1, 0.15) is 40.1 Å². The maximum Gasteiger partial charge on any atom is 0.338 e. The van der Waals surface area contributed by atoms with Gasteiger partial charge in [0.25, 0.3) is 5.91 Å². The van der Waals surface area contributed by atoms with Crippen molar-refractivity contribution in [3.8, 4) is 0 Å². The predicted molar refractivity (Wildman–Crippen MR) is 132 cm³/mol. The number of carbonyl (C=O) groups is 3. The van der Waals surface area contributed by atoms with Crippen molar-refractivity contribution in [2.45, 2.75) is 13.8 Å². The van der Waals surface area contributed by atoms with Crippen LogP contribution in [0.3, 0.4) is 0 Å². The minimum atomic E-state index is -0.750. The van der Waals surface area contributed by atoms with Crippen LogP contribution < -0.4 is 5.32 Å². The lowest BCUT2D eigenvalue weighted by Crippen LogP contribution is -2.15. The molecule has 10 nitrogen and oxygen atoms in total. The predicted octanol–water partition coefficient (Wildman–Crippen LogP) is 5.08. The van der Waals surface area contributed by atoms with Crippen molar-refractivity contribution in [1.29, 1.82) is 0 Å². The average Bonchev–Trinajstić information content (AvgIpc) is 2.90. The number of aliphatic hydroxyl groups excluding tert-OH is 1. The van der Waals surface area contributed by atoms with Crippen molar-refractivity contribution >= 4 is 35.0 Å². The van der Waals surface area contributed by atoms with E-state index in [0.717, 1.165) is 0 Å². The fourth-order valence-electron chi connectivity index (χ4n) is 3.00. The number of nitrogens with one attached hydrogen (secondary N) is 1. The van der Waals surface area contributed by atoms with E-state index in [9.17, 15) is 19.5 Å². The highest BCUT2D eigenvalue weighted by atomic mass is 16.5. The Morgan fingerprint density at radius 2 is 1.53 bits per heavy atom. The van der Waals surface area contributed by atoms with Crippen molar-refractivity contribution in [1.82, 2.24) is 4.98 Å². The van der Waals surface area contributed by atoms with Gasteiger partial charge in [0, 0.05) is 11.8 Å². The average molecular weight is 489 g/mol. The van der Waals surface area contributed by atoms with Crippen LogP contribution in [-0.2, 0) is 14.3 Å². The lowest BCUT2D eigenvalue weighted by Gasteiger charge is -2.09. The van der Waals surface area contributed by atoms with Gasteiger partial charge < -0.3 is 19.9 Å². The molecule has 10 heteroatoms. The van der Waals surface area contributed by atoms with Crippen LogP contribution in [0.25, 0.3) is 5.76 Å². The molecule has 1 amide bonds. The highest BCUT2D eigenvalue weighted by molar-refractivity contribution is 6.07. The topological polar surface area (TPSA) is 140 Å². The number of hydrogen-bond donors (Lipinski definition) is 2. The normalized spacial score (nSPS) is 11.5. The minimum Gasteiger partial charge on any atom is -0.505 e. The summed E-state index contributed by atoms with van der Waals surface area (Å²) in [5, 5.41) is 21.4. The van der Waals surface area contributed by atoms with Gasteiger partial charge in [0.2, 0.25) is 0 Å². The Balaban J connectivity index is 2.05. The quantitative estimate of drug-likeness (QED) is 0.185. The molecule has 2 aromatic carbocycles. The molecular weight excluding hydrogens is 464 g/mol. The molecule has 36 heavy (non-hydrogen) atoms. The van der Waals surface area contributed by atoms with Gasteiger partial charge in [-0.05, 0) is 44.2 Å². The first-order chi connectivity index (χ1) is 17.4. The zero-order valence-electron chi connectivity index (χ0n) is 19.7. The third-order valence-corrected chi connectivity index (χ3v) is 4.61. The molecule has 0 fully saturated rings. The second kappa shape index (κ2) is 12.6. The monoisotopic (exact) mass is 488 g/mol. The van der Waals surface area contributed by atoms with E-state index in [1.54, 1.807) is 62.5 Å². The SMILES string of the molecule is CCOC(=O)c1cc(N=N/C(C(=O)Nc2cccnc2)=C(/O)c2ccccc2)cc(C(=O)OCC)c1. The number of esters is 2. The standard InChI is InChI=1S/C26H24N4O6/c1-3-35-25(33)18-13-19(26(34)36-4-2)15-21(14-18)29-30-22(23(31)17-9-6-5-7-10-17)24(32)28-20-11-8-12-27-16-20/h5-16,31H,3-4H2,1-2H3,(H,28,32)/b23-22+,30-29?. The number of aromatic nitrogens is 1. The largest absolute Gasteiger partial charge is 0.505 e. The smallest absolute Gasteiger partial charge is 0.338 e. The fraction of sp³-hybridized carbons (Fsp3) is 0.154. The van der Waals surface area contributed by atoms with Crippen molar-refractivity contribution in [3.05, 3.63) is 95.4 Å². The molecule has 0 aliphatic heterocycles. The van der Waals surface area contributed by atoms with Gasteiger partial charge in [0.1, 0.15) is 0 Å². The van der Waals surface area contributed by atoms with Gasteiger partial charge >= 0.3 is 11.9 Å². The van der Waals surface area contributed by atoms with Gasteiger partial charge in [-0.2, -0.15) is 5.11 Å². The summed E-state index contributed by atoms with van der Waals surface area (Å²) in [5.74, 6) is -2.51. The number of hydrogen-bond acceptors (Lipinski definition) is 9. The van der Waals surface area contributed by atoms with Gasteiger partial charge in [-0.3, -0.25) is 9.78 Å². The molecule has 1 aromatic heterocycles. The molecule has 3 rings (SSSR count). The lowest BCUT2D eigenvalue weighted by atomic mass is 10.1. The summed E-state index contributed by atoms with van der Waals surface area (Å²) in [6, 6.07) is 15.6. The maximum absolute atomic E-state index is 13.0. The molecule has 0 radical (unpaired) electrons. The van der Waals surface area contributed by atoms with E-state index >= 15 is 0 Å². The van der Waals surface area contributed by atoms with E-state index in [1.165, 1.54) is 24.4 Å². The van der Waals surface area contributed by atoms with Crippen LogP contribution in [0.15, 0.2) is 89.0 Å².